The molecule has 1 amide bonds. The summed E-state index contributed by atoms with van der Waals surface area (Å²) in [6, 6.07) is 14.2. The number of benzene rings is 2. The molecule has 3 rings (SSSR count). The topological polar surface area (TPSA) is 57.6 Å². The summed E-state index contributed by atoms with van der Waals surface area (Å²) in [5.41, 5.74) is 1.05. The normalized spacial score (nSPS) is 20.2. The Hall–Kier alpha value is -2.36. The molecule has 0 heterocycles. The highest BCUT2D eigenvalue weighted by Crippen LogP contribution is 2.40. The smallest absolute Gasteiger partial charge is 0.307 e. The fourth-order valence-corrected chi connectivity index (χ4v) is 2.71. The lowest BCUT2D eigenvalue weighted by Gasteiger charge is -2.17. The van der Waals surface area contributed by atoms with Gasteiger partial charge < -0.3 is 10.0 Å². The molecule has 0 aromatic heterocycles. The van der Waals surface area contributed by atoms with Crippen molar-refractivity contribution in [2.24, 2.45) is 11.8 Å². The van der Waals surface area contributed by atoms with Crippen LogP contribution in [-0.4, -0.2) is 28.9 Å². The largest absolute Gasteiger partial charge is 0.481 e. The number of aliphatic carboxylic acids is 1. The third kappa shape index (κ3) is 2.75. The van der Waals surface area contributed by atoms with Gasteiger partial charge in [-0.1, -0.05) is 36.4 Å². The molecule has 2 unspecified atom stereocenters. The molecule has 4 heteroatoms. The van der Waals surface area contributed by atoms with Gasteiger partial charge in [-0.25, -0.2) is 0 Å². The summed E-state index contributed by atoms with van der Waals surface area (Å²) in [5, 5.41) is 11.2. The van der Waals surface area contributed by atoms with E-state index in [4.69, 9.17) is 5.11 Å². The van der Waals surface area contributed by atoms with Gasteiger partial charge in [-0.05, 0) is 28.8 Å². The Morgan fingerprint density at radius 1 is 1.14 bits per heavy atom. The van der Waals surface area contributed by atoms with E-state index in [1.54, 1.807) is 11.9 Å². The van der Waals surface area contributed by atoms with E-state index in [1.165, 1.54) is 5.39 Å². The first-order chi connectivity index (χ1) is 10.1. The third-order valence-electron chi connectivity index (χ3n) is 4.03. The average molecular weight is 283 g/mol. The maximum Gasteiger partial charge on any atom is 0.307 e. The zero-order valence-electron chi connectivity index (χ0n) is 11.8. The van der Waals surface area contributed by atoms with E-state index in [0.29, 0.717) is 13.0 Å². The standard InChI is InChI=1S/C17H17NO3/c1-18(16(19)14-9-15(14)17(20)21)10-11-6-7-12-4-2-3-5-13(12)8-11/h2-8,14-15H,9-10H2,1H3,(H,20,21). The average Bonchev–Trinajstić information content (AvgIpc) is 3.27. The van der Waals surface area contributed by atoms with E-state index in [0.717, 1.165) is 10.9 Å². The molecule has 1 N–H and O–H groups in total. The van der Waals surface area contributed by atoms with Crippen LogP contribution in [0, 0.1) is 11.8 Å². The van der Waals surface area contributed by atoms with E-state index >= 15 is 0 Å². The van der Waals surface area contributed by atoms with Crippen LogP contribution in [0.1, 0.15) is 12.0 Å². The van der Waals surface area contributed by atoms with E-state index in [1.807, 2.05) is 30.3 Å². The molecule has 0 aliphatic heterocycles. The van der Waals surface area contributed by atoms with Crippen LogP contribution in [0.25, 0.3) is 10.8 Å². The molecule has 1 aliphatic rings. The minimum absolute atomic E-state index is 0.0736. The fourth-order valence-electron chi connectivity index (χ4n) is 2.71. The van der Waals surface area contributed by atoms with Crippen molar-refractivity contribution in [1.82, 2.24) is 4.90 Å². The van der Waals surface area contributed by atoms with Crippen LogP contribution in [0.2, 0.25) is 0 Å². The summed E-state index contributed by atoms with van der Waals surface area (Å²) in [5.74, 6) is -1.77. The van der Waals surface area contributed by atoms with Crippen molar-refractivity contribution in [2.75, 3.05) is 7.05 Å². The second kappa shape index (κ2) is 5.20. The molecule has 108 valence electrons. The first-order valence-electron chi connectivity index (χ1n) is 7.02. The summed E-state index contributed by atoms with van der Waals surface area (Å²) >= 11 is 0. The van der Waals surface area contributed by atoms with Gasteiger partial charge in [0.25, 0.3) is 0 Å². The second-order valence-electron chi connectivity index (χ2n) is 5.66. The van der Waals surface area contributed by atoms with Crippen LogP contribution in [0.5, 0.6) is 0 Å². The predicted molar refractivity (Wildman–Crippen MR) is 79.7 cm³/mol. The number of amides is 1. The van der Waals surface area contributed by atoms with Crippen LogP contribution in [-0.2, 0) is 16.1 Å². The van der Waals surface area contributed by atoms with Gasteiger partial charge >= 0.3 is 5.97 Å². The van der Waals surface area contributed by atoms with E-state index in [2.05, 4.69) is 12.1 Å². The number of rotatable bonds is 4. The quantitative estimate of drug-likeness (QED) is 0.938. The Kier molecular flexibility index (Phi) is 3.37. The number of carbonyl (C=O) groups excluding carboxylic acids is 1. The Morgan fingerprint density at radius 3 is 2.52 bits per heavy atom. The fraction of sp³-hybridized carbons (Fsp3) is 0.294. The Bertz CT molecular complexity index is 710. The third-order valence-corrected chi connectivity index (χ3v) is 4.03. The van der Waals surface area contributed by atoms with Crippen LogP contribution in [0.15, 0.2) is 42.5 Å². The molecule has 2 atom stereocenters. The molecular weight excluding hydrogens is 266 g/mol. The van der Waals surface area contributed by atoms with Crippen molar-refractivity contribution in [2.45, 2.75) is 13.0 Å². The number of carboxylic acid groups (broad SMARTS) is 1. The van der Waals surface area contributed by atoms with Crippen molar-refractivity contribution >= 4 is 22.6 Å². The highest BCUT2D eigenvalue weighted by atomic mass is 16.4. The molecule has 0 spiro atoms. The minimum atomic E-state index is -0.868. The summed E-state index contributed by atoms with van der Waals surface area (Å²) in [6.07, 6.45) is 0.468. The lowest BCUT2D eigenvalue weighted by Crippen LogP contribution is -2.28. The zero-order chi connectivity index (χ0) is 15.0. The van der Waals surface area contributed by atoms with Gasteiger partial charge in [0, 0.05) is 13.6 Å². The van der Waals surface area contributed by atoms with E-state index in [-0.39, 0.29) is 11.8 Å². The van der Waals surface area contributed by atoms with Crippen molar-refractivity contribution < 1.29 is 14.7 Å². The lowest BCUT2D eigenvalue weighted by molar-refractivity contribution is -0.141. The monoisotopic (exact) mass is 283 g/mol. The van der Waals surface area contributed by atoms with E-state index < -0.39 is 11.9 Å². The molecule has 0 saturated heterocycles. The number of carboxylic acids is 1. The van der Waals surface area contributed by atoms with Gasteiger partial charge in [-0.3, -0.25) is 9.59 Å². The molecule has 0 radical (unpaired) electrons. The van der Waals surface area contributed by atoms with Crippen molar-refractivity contribution in [1.29, 1.82) is 0 Å². The molecule has 1 saturated carbocycles. The molecule has 4 nitrogen and oxygen atoms in total. The minimum Gasteiger partial charge on any atom is -0.481 e. The Labute approximate surface area is 123 Å². The maximum atomic E-state index is 12.2. The first-order valence-corrected chi connectivity index (χ1v) is 7.02. The van der Waals surface area contributed by atoms with Gasteiger partial charge in [-0.15, -0.1) is 0 Å². The van der Waals surface area contributed by atoms with Gasteiger partial charge in [0.15, 0.2) is 0 Å². The van der Waals surface area contributed by atoms with Crippen LogP contribution in [0.3, 0.4) is 0 Å². The van der Waals surface area contributed by atoms with Crippen molar-refractivity contribution in [3.63, 3.8) is 0 Å². The van der Waals surface area contributed by atoms with Gasteiger partial charge in [0.1, 0.15) is 0 Å². The summed E-state index contributed by atoms with van der Waals surface area (Å²) in [4.78, 5) is 24.6. The van der Waals surface area contributed by atoms with Gasteiger partial charge in [-0.2, -0.15) is 0 Å². The van der Waals surface area contributed by atoms with Crippen LogP contribution in [0.4, 0.5) is 0 Å². The lowest BCUT2D eigenvalue weighted by atomic mass is 10.1. The number of hydrogen-bond donors (Lipinski definition) is 1. The molecule has 1 fully saturated rings. The zero-order valence-corrected chi connectivity index (χ0v) is 11.8. The molecule has 0 bridgehead atoms. The second-order valence-corrected chi connectivity index (χ2v) is 5.66. The summed E-state index contributed by atoms with van der Waals surface area (Å²) in [6.45, 7) is 0.506. The number of fused-ring (bicyclic) bond motifs is 1. The molecule has 21 heavy (non-hydrogen) atoms. The molecule has 2 aromatic carbocycles. The van der Waals surface area contributed by atoms with Gasteiger partial charge in [0.05, 0.1) is 11.8 Å². The van der Waals surface area contributed by atoms with Crippen LogP contribution >= 0.6 is 0 Å². The molecule has 1 aliphatic carbocycles. The SMILES string of the molecule is CN(Cc1ccc2ccccc2c1)C(=O)C1CC1C(=O)O. The van der Waals surface area contributed by atoms with E-state index in [9.17, 15) is 9.59 Å². The molecule has 2 aromatic rings. The highest BCUT2D eigenvalue weighted by Gasteiger charge is 2.49. The predicted octanol–water partition coefficient (Wildman–Crippen LogP) is 2.52. The number of carbonyl (C=O) groups is 2. The van der Waals surface area contributed by atoms with Gasteiger partial charge in [0.2, 0.25) is 5.91 Å². The molecular formula is C17H17NO3. The Morgan fingerprint density at radius 2 is 1.86 bits per heavy atom. The van der Waals surface area contributed by atoms with Crippen LogP contribution < -0.4 is 0 Å². The maximum absolute atomic E-state index is 12.2. The number of hydrogen-bond acceptors (Lipinski definition) is 2. The summed E-state index contributed by atoms with van der Waals surface area (Å²) < 4.78 is 0. The van der Waals surface area contributed by atoms with Crippen molar-refractivity contribution in [3.8, 4) is 0 Å². The first kappa shape index (κ1) is 13.6. The number of nitrogens with zero attached hydrogens (tertiary/aromatic N) is 1. The van der Waals surface area contributed by atoms with Crippen molar-refractivity contribution in [3.05, 3.63) is 48.0 Å². The highest BCUT2D eigenvalue weighted by molar-refractivity contribution is 5.89. The summed E-state index contributed by atoms with van der Waals surface area (Å²) in [7, 11) is 1.73. The Balaban J connectivity index is 1.70.